The SMILES string of the molecule is CCCCCCCCCCCCCCNCC(O)CCCCCCCn1c(=O)c2c(ncn2C)n(C)c1=O.CCCCCCNCC(O)CCCCCCCCCn1c(=O)c2c(ncn2C)n(C)c1=O. The Hall–Kier alpha value is -3.86. The van der Waals surface area contributed by atoms with Crippen LogP contribution in [-0.2, 0) is 41.3 Å². The number of nitrogens with zero attached hydrogens (tertiary/aromatic N) is 8. The second kappa shape index (κ2) is 36.1. The zero-order valence-electron chi connectivity index (χ0n) is 44.9. The maximum atomic E-state index is 12.7. The lowest BCUT2D eigenvalue weighted by Gasteiger charge is -2.12. The summed E-state index contributed by atoms with van der Waals surface area (Å²) in [5, 5.41) is 27.0. The molecule has 0 aliphatic rings. The molecule has 2 unspecified atom stereocenters. The van der Waals surface area contributed by atoms with Crippen molar-refractivity contribution in [1.82, 2.24) is 48.0 Å². The molecule has 4 aromatic rings. The molecule has 0 amide bonds. The Bertz CT molecular complexity index is 2240. The molecule has 16 heteroatoms. The van der Waals surface area contributed by atoms with E-state index in [0.717, 1.165) is 96.6 Å². The number of unbranched alkanes of at least 4 members (excludes halogenated alkanes) is 24. The molecule has 4 rings (SSSR count). The fourth-order valence-corrected chi connectivity index (χ4v) is 9.41. The largest absolute Gasteiger partial charge is 0.392 e. The molecule has 2 atom stereocenters. The molecular weight excluding hydrogens is 885 g/mol. The van der Waals surface area contributed by atoms with Gasteiger partial charge < -0.3 is 30.0 Å². The molecule has 0 saturated heterocycles. The van der Waals surface area contributed by atoms with Gasteiger partial charge in [0.25, 0.3) is 11.1 Å². The van der Waals surface area contributed by atoms with E-state index in [0.29, 0.717) is 48.5 Å². The van der Waals surface area contributed by atoms with Crippen LogP contribution in [-0.4, -0.2) is 86.0 Å². The molecular formula is C54H98N10O6. The summed E-state index contributed by atoms with van der Waals surface area (Å²) in [6, 6.07) is 0. The summed E-state index contributed by atoms with van der Waals surface area (Å²) in [7, 11) is 6.87. The van der Waals surface area contributed by atoms with Crippen molar-refractivity contribution >= 4 is 22.3 Å². The molecule has 0 aromatic carbocycles. The van der Waals surface area contributed by atoms with Crippen LogP contribution in [0.4, 0.5) is 0 Å². The summed E-state index contributed by atoms with van der Waals surface area (Å²) in [6.07, 6.45) is 38.0. The highest BCUT2D eigenvalue weighted by molar-refractivity contribution is 5.70. The lowest BCUT2D eigenvalue weighted by molar-refractivity contribution is 0.157. The third-order valence-corrected chi connectivity index (χ3v) is 13.9. The van der Waals surface area contributed by atoms with Crippen molar-refractivity contribution in [2.45, 2.75) is 232 Å². The van der Waals surface area contributed by atoms with E-state index in [1.54, 1.807) is 50.0 Å². The van der Waals surface area contributed by atoms with E-state index in [-0.39, 0.29) is 34.7 Å². The first-order valence-corrected chi connectivity index (χ1v) is 27.9. The normalized spacial score (nSPS) is 12.6. The number of aliphatic hydroxyl groups is 2. The second-order valence-corrected chi connectivity index (χ2v) is 20.1. The van der Waals surface area contributed by atoms with E-state index in [9.17, 15) is 29.4 Å². The van der Waals surface area contributed by atoms with Crippen LogP contribution in [0.3, 0.4) is 0 Å². The second-order valence-electron chi connectivity index (χ2n) is 20.1. The Morgan fingerprint density at radius 3 is 1.10 bits per heavy atom. The summed E-state index contributed by atoms with van der Waals surface area (Å²) < 4.78 is 8.91. The van der Waals surface area contributed by atoms with Crippen LogP contribution in [0, 0.1) is 0 Å². The first kappa shape index (κ1) is 60.4. The van der Waals surface area contributed by atoms with Crippen molar-refractivity contribution in [2.75, 3.05) is 26.2 Å². The highest BCUT2D eigenvalue weighted by atomic mass is 16.3. The standard InChI is InChI=1S/C30H55N5O3.C24H43N5O3/c1-4-5-6-7-8-9-10-11-12-13-16-19-22-31-24-26(36)21-18-15-14-17-20-23-35-29(37)27-28(32-25-33(27)2)34(3)30(35)38;1-4-5-6-13-16-25-18-20(30)15-12-10-8-7-9-11-14-17-29-23(31)21-22(26-19-27(21)2)28(3)24(29)32/h25-26,31,36H,4-24H2,1-3H3;19-20,25,30H,4-18H2,1-3H3. The molecule has 4 heterocycles. The molecule has 0 bridgehead atoms. The van der Waals surface area contributed by atoms with Gasteiger partial charge in [-0.1, -0.05) is 168 Å². The average Bonchev–Trinajstić information content (AvgIpc) is 3.94. The van der Waals surface area contributed by atoms with Crippen molar-refractivity contribution in [1.29, 1.82) is 0 Å². The number of aliphatic hydroxyl groups excluding tert-OH is 2. The fourth-order valence-electron chi connectivity index (χ4n) is 9.41. The minimum atomic E-state index is -0.305. The van der Waals surface area contributed by atoms with Gasteiger partial charge in [-0.05, 0) is 51.6 Å². The number of fused-ring (bicyclic) bond motifs is 2. The van der Waals surface area contributed by atoms with Gasteiger partial charge in [-0.15, -0.1) is 0 Å². The van der Waals surface area contributed by atoms with Crippen molar-refractivity contribution in [2.24, 2.45) is 28.2 Å². The van der Waals surface area contributed by atoms with Crippen LogP contribution < -0.4 is 33.1 Å². The number of hydrogen-bond acceptors (Lipinski definition) is 10. The van der Waals surface area contributed by atoms with Gasteiger partial charge >= 0.3 is 11.4 Å². The summed E-state index contributed by atoms with van der Waals surface area (Å²) in [5.74, 6) is 0. The van der Waals surface area contributed by atoms with Crippen molar-refractivity contribution in [3.63, 3.8) is 0 Å². The molecule has 0 aliphatic heterocycles. The molecule has 0 fully saturated rings. The third kappa shape index (κ3) is 21.9. The number of aryl methyl sites for hydroxylation is 4. The molecule has 0 saturated carbocycles. The lowest BCUT2D eigenvalue weighted by atomic mass is 10.1. The zero-order valence-corrected chi connectivity index (χ0v) is 44.9. The average molecular weight is 983 g/mol. The highest BCUT2D eigenvalue weighted by Gasteiger charge is 2.16. The molecule has 4 N–H and O–H groups in total. The number of hydrogen-bond donors (Lipinski definition) is 4. The minimum absolute atomic E-state index is 0.237. The van der Waals surface area contributed by atoms with Crippen LogP contribution in [0.25, 0.3) is 22.3 Å². The molecule has 400 valence electrons. The highest BCUT2D eigenvalue weighted by Crippen LogP contribution is 2.14. The van der Waals surface area contributed by atoms with Crippen LogP contribution in [0.2, 0.25) is 0 Å². The Kier molecular flexibility index (Phi) is 31.2. The summed E-state index contributed by atoms with van der Waals surface area (Å²) in [5.41, 5.74) is 0.692. The van der Waals surface area contributed by atoms with Crippen molar-refractivity contribution in [3.8, 4) is 0 Å². The fraction of sp³-hybridized carbons (Fsp3) is 0.815. The zero-order chi connectivity index (χ0) is 50.9. The molecule has 70 heavy (non-hydrogen) atoms. The Balaban J connectivity index is 0.000000376. The maximum Gasteiger partial charge on any atom is 0.332 e. The number of aromatic nitrogens is 8. The topological polar surface area (TPSA) is 188 Å². The van der Waals surface area contributed by atoms with Gasteiger partial charge in [0, 0.05) is 54.4 Å². The van der Waals surface area contributed by atoms with Gasteiger partial charge in [-0.3, -0.25) is 27.9 Å². The summed E-state index contributed by atoms with van der Waals surface area (Å²) in [4.78, 5) is 58.7. The van der Waals surface area contributed by atoms with Crippen LogP contribution in [0.5, 0.6) is 0 Å². The first-order chi connectivity index (χ1) is 33.9. The van der Waals surface area contributed by atoms with E-state index in [2.05, 4.69) is 34.4 Å². The minimum Gasteiger partial charge on any atom is -0.392 e. The molecule has 16 nitrogen and oxygen atoms in total. The number of rotatable bonds is 40. The summed E-state index contributed by atoms with van der Waals surface area (Å²) in [6.45, 7) is 8.75. The van der Waals surface area contributed by atoms with E-state index in [1.165, 1.54) is 127 Å². The van der Waals surface area contributed by atoms with Crippen molar-refractivity contribution < 1.29 is 10.2 Å². The van der Waals surface area contributed by atoms with Gasteiger partial charge in [0.1, 0.15) is 0 Å². The van der Waals surface area contributed by atoms with Gasteiger partial charge in [0.15, 0.2) is 22.3 Å². The monoisotopic (exact) mass is 983 g/mol. The van der Waals surface area contributed by atoms with Gasteiger partial charge in [-0.25, -0.2) is 19.6 Å². The predicted molar refractivity (Wildman–Crippen MR) is 288 cm³/mol. The van der Waals surface area contributed by atoms with E-state index in [4.69, 9.17) is 0 Å². The number of imidazole rings is 2. The lowest BCUT2D eigenvalue weighted by Crippen LogP contribution is -2.39. The molecule has 0 aliphatic carbocycles. The molecule has 4 aromatic heterocycles. The Morgan fingerprint density at radius 2 is 0.743 bits per heavy atom. The first-order valence-electron chi connectivity index (χ1n) is 27.9. The summed E-state index contributed by atoms with van der Waals surface area (Å²) >= 11 is 0. The third-order valence-electron chi connectivity index (χ3n) is 13.9. The van der Waals surface area contributed by atoms with Gasteiger partial charge in [0.2, 0.25) is 0 Å². The predicted octanol–water partition coefficient (Wildman–Crippen LogP) is 8.51. The van der Waals surface area contributed by atoms with Crippen LogP contribution in [0.1, 0.15) is 206 Å². The number of nitrogens with one attached hydrogen (secondary N) is 2. The smallest absolute Gasteiger partial charge is 0.332 e. The van der Waals surface area contributed by atoms with Crippen LogP contribution >= 0.6 is 0 Å². The van der Waals surface area contributed by atoms with Crippen molar-refractivity contribution in [3.05, 3.63) is 54.3 Å². The quantitative estimate of drug-likeness (QED) is 0.0315. The van der Waals surface area contributed by atoms with E-state index >= 15 is 0 Å². The van der Waals surface area contributed by atoms with Gasteiger partial charge in [-0.2, -0.15) is 0 Å². The van der Waals surface area contributed by atoms with E-state index in [1.807, 2.05) is 0 Å². The maximum absolute atomic E-state index is 12.7. The molecule has 0 spiro atoms. The van der Waals surface area contributed by atoms with E-state index < -0.39 is 0 Å². The Labute approximate surface area is 419 Å². The van der Waals surface area contributed by atoms with Crippen LogP contribution in [0.15, 0.2) is 31.8 Å². The Morgan fingerprint density at radius 1 is 0.443 bits per heavy atom. The van der Waals surface area contributed by atoms with Gasteiger partial charge in [0.05, 0.1) is 24.9 Å². The molecule has 0 radical (unpaired) electrons.